The number of carboxylic acids is 1. The van der Waals surface area contributed by atoms with Crippen molar-refractivity contribution in [2.24, 2.45) is 23.2 Å². The lowest BCUT2D eigenvalue weighted by molar-refractivity contribution is 0.0695. The lowest BCUT2D eigenvalue weighted by Gasteiger charge is -2.29. The summed E-state index contributed by atoms with van der Waals surface area (Å²) in [7, 11) is 0. The normalized spacial score (nSPS) is 26.8. The highest BCUT2D eigenvalue weighted by atomic mass is 16.4. The third kappa shape index (κ3) is 5.67. The molecule has 0 aromatic heterocycles. The second kappa shape index (κ2) is 10.1. The predicted octanol–water partition coefficient (Wildman–Crippen LogP) is 5.39. The van der Waals surface area contributed by atoms with Crippen LogP contribution in [0.1, 0.15) is 75.2 Å². The Morgan fingerprint density at radius 3 is 2.71 bits per heavy atom. The first-order valence-electron chi connectivity index (χ1n) is 11.8. The van der Waals surface area contributed by atoms with E-state index in [1.165, 1.54) is 5.57 Å². The molecule has 4 nitrogen and oxygen atoms in total. The summed E-state index contributed by atoms with van der Waals surface area (Å²) in [6.45, 7) is 6.38. The van der Waals surface area contributed by atoms with Gasteiger partial charge in [0.15, 0.2) is 0 Å². The molecule has 170 valence electrons. The second-order valence-corrected chi connectivity index (χ2v) is 10.1. The van der Waals surface area contributed by atoms with Crippen molar-refractivity contribution in [3.05, 3.63) is 59.2 Å². The van der Waals surface area contributed by atoms with E-state index in [-0.39, 0.29) is 17.4 Å². The fourth-order valence-electron chi connectivity index (χ4n) is 5.31. The molecule has 1 saturated carbocycles. The first-order chi connectivity index (χ1) is 14.7. The monoisotopic (exact) mass is 426 g/mol. The number of rotatable bonds is 10. The average Bonchev–Trinajstić information content (AvgIpc) is 3.25. The van der Waals surface area contributed by atoms with Gasteiger partial charge in [0.05, 0.1) is 17.8 Å². The quantitative estimate of drug-likeness (QED) is 0.438. The largest absolute Gasteiger partial charge is 0.478 e. The van der Waals surface area contributed by atoms with Gasteiger partial charge in [-0.05, 0) is 61.0 Å². The Hall–Kier alpha value is -1.91. The zero-order valence-corrected chi connectivity index (χ0v) is 19.1. The van der Waals surface area contributed by atoms with Crippen LogP contribution in [0.3, 0.4) is 0 Å². The van der Waals surface area contributed by atoms with Crippen LogP contribution in [-0.2, 0) is 6.42 Å². The van der Waals surface area contributed by atoms with Gasteiger partial charge in [-0.25, -0.2) is 4.79 Å². The maximum Gasteiger partial charge on any atom is 0.335 e. The second-order valence-electron chi connectivity index (χ2n) is 10.1. The van der Waals surface area contributed by atoms with E-state index in [4.69, 9.17) is 0 Å². The van der Waals surface area contributed by atoms with Gasteiger partial charge in [-0.3, -0.25) is 0 Å². The van der Waals surface area contributed by atoms with Crippen LogP contribution in [0.2, 0.25) is 0 Å². The zero-order valence-electron chi connectivity index (χ0n) is 19.1. The summed E-state index contributed by atoms with van der Waals surface area (Å²) in [6, 6.07) is 7.23. The molecule has 2 aliphatic carbocycles. The van der Waals surface area contributed by atoms with Crippen molar-refractivity contribution < 1.29 is 20.1 Å². The van der Waals surface area contributed by atoms with E-state index in [0.29, 0.717) is 17.4 Å². The standard InChI is InChI=1S/C27H38O4/c1-4-5-14-27(2,3)25(29)13-12-22-23-16-18(15-20(23)17-24(22)28)10-11-19-8-6-7-9-21(19)26(30)31/h6-9,12-13,15,20,22-25,28-29H,4-5,10-11,14,16-17H2,1-3H3,(H,30,31)/b13-12+/t20-,22-,23-,24+,25-/m0/s1. The minimum atomic E-state index is -0.874. The van der Waals surface area contributed by atoms with Crippen molar-refractivity contribution in [3.8, 4) is 0 Å². The maximum atomic E-state index is 11.4. The summed E-state index contributed by atoms with van der Waals surface area (Å²) >= 11 is 0. The van der Waals surface area contributed by atoms with Crippen LogP contribution in [0.25, 0.3) is 0 Å². The fraction of sp³-hybridized carbons (Fsp3) is 0.593. The topological polar surface area (TPSA) is 77.8 Å². The van der Waals surface area contributed by atoms with E-state index in [9.17, 15) is 20.1 Å². The molecule has 3 rings (SSSR count). The Morgan fingerprint density at radius 2 is 2.00 bits per heavy atom. The van der Waals surface area contributed by atoms with Crippen LogP contribution < -0.4 is 0 Å². The molecule has 0 saturated heterocycles. The summed E-state index contributed by atoms with van der Waals surface area (Å²) in [6.07, 6.45) is 11.9. The van der Waals surface area contributed by atoms with E-state index >= 15 is 0 Å². The molecule has 0 heterocycles. The highest BCUT2D eigenvalue weighted by molar-refractivity contribution is 5.89. The van der Waals surface area contributed by atoms with E-state index in [2.05, 4.69) is 32.9 Å². The van der Waals surface area contributed by atoms with Gasteiger partial charge in [-0.1, -0.05) is 75.6 Å². The Labute approximate surface area is 186 Å². The molecule has 4 heteroatoms. The minimum Gasteiger partial charge on any atom is -0.478 e. The smallest absolute Gasteiger partial charge is 0.335 e. The molecule has 1 aromatic carbocycles. The summed E-state index contributed by atoms with van der Waals surface area (Å²) in [5.74, 6) is -0.0511. The number of carboxylic acid groups (broad SMARTS) is 1. The molecule has 5 atom stereocenters. The van der Waals surface area contributed by atoms with Gasteiger partial charge in [0.1, 0.15) is 0 Å². The van der Waals surface area contributed by atoms with Crippen LogP contribution >= 0.6 is 0 Å². The molecule has 0 amide bonds. The lowest BCUT2D eigenvalue weighted by Crippen LogP contribution is -2.28. The van der Waals surface area contributed by atoms with Gasteiger partial charge in [-0.15, -0.1) is 0 Å². The average molecular weight is 427 g/mol. The highest BCUT2D eigenvalue weighted by Gasteiger charge is 2.43. The molecule has 0 unspecified atom stereocenters. The van der Waals surface area contributed by atoms with Gasteiger partial charge in [0.25, 0.3) is 0 Å². The third-order valence-electron chi connectivity index (χ3n) is 7.40. The summed E-state index contributed by atoms with van der Waals surface area (Å²) in [5, 5.41) is 30.7. The van der Waals surface area contributed by atoms with E-state index < -0.39 is 12.1 Å². The third-order valence-corrected chi connectivity index (χ3v) is 7.40. The van der Waals surface area contributed by atoms with E-state index in [0.717, 1.165) is 50.5 Å². The number of hydrogen-bond acceptors (Lipinski definition) is 3. The molecule has 31 heavy (non-hydrogen) atoms. The molecular formula is C27H38O4. The zero-order chi connectivity index (χ0) is 22.6. The Kier molecular flexibility index (Phi) is 7.77. The number of unbranched alkanes of at least 4 members (excludes halogenated alkanes) is 1. The number of benzene rings is 1. The summed E-state index contributed by atoms with van der Waals surface area (Å²) in [4.78, 5) is 11.4. The molecular weight excluding hydrogens is 388 g/mol. The van der Waals surface area contributed by atoms with Gasteiger partial charge in [-0.2, -0.15) is 0 Å². The van der Waals surface area contributed by atoms with Crippen molar-refractivity contribution in [3.63, 3.8) is 0 Å². The molecule has 0 bridgehead atoms. The number of aromatic carboxylic acids is 1. The molecule has 3 N–H and O–H groups in total. The van der Waals surface area contributed by atoms with Gasteiger partial charge < -0.3 is 15.3 Å². The number of allylic oxidation sites excluding steroid dienone is 2. The van der Waals surface area contributed by atoms with Crippen molar-refractivity contribution in [2.75, 3.05) is 0 Å². The number of aliphatic hydroxyl groups excluding tert-OH is 2. The summed E-state index contributed by atoms with van der Waals surface area (Å²) < 4.78 is 0. The summed E-state index contributed by atoms with van der Waals surface area (Å²) in [5.41, 5.74) is 2.47. The molecule has 0 aliphatic heterocycles. The van der Waals surface area contributed by atoms with Crippen LogP contribution in [0.4, 0.5) is 0 Å². The number of carbonyl (C=O) groups is 1. The Bertz CT molecular complexity index is 822. The molecule has 2 aliphatic rings. The lowest BCUT2D eigenvalue weighted by atomic mass is 9.80. The molecule has 0 spiro atoms. The van der Waals surface area contributed by atoms with Crippen molar-refractivity contribution in [1.82, 2.24) is 0 Å². The minimum absolute atomic E-state index is 0.0710. The predicted molar refractivity (Wildman–Crippen MR) is 124 cm³/mol. The van der Waals surface area contributed by atoms with Gasteiger partial charge in [0, 0.05) is 5.92 Å². The number of aliphatic hydroxyl groups is 2. The van der Waals surface area contributed by atoms with Crippen molar-refractivity contribution in [2.45, 2.75) is 77.9 Å². The van der Waals surface area contributed by atoms with Crippen LogP contribution in [0.5, 0.6) is 0 Å². The first-order valence-corrected chi connectivity index (χ1v) is 11.8. The van der Waals surface area contributed by atoms with Crippen LogP contribution in [-0.4, -0.2) is 33.5 Å². The number of aryl methyl sites for hydroxylation is 1. The fourth-order valence-corrected chi connectivity index (χ4v) is 5.31. The molecule has 0 radical (unpaired) electrons. The van der Waals surface area contributed by atoms with E-state index in [1.807, 2.05) is 18.2 Å². The van der Waals surface area contributed by atoms with Gasteiger partial charge >= 0.3 is 5.97 Å². The van der Waals surface area contributed by atoms with Crippen molar-refractivity contribution >= 4 is 5.97 Å². The highest BCUT2D eigenvalue weighted by Crippen LogP contribution is 2.48. The Morgan fingerprint density at radius 1 is 1.26 bits per heavy atom. The SMILES string of the molecule is CCCCC(C)(C)[C@@H](O)/C=C/[C@H]1[C@H]2CC(CCc3ccccc3C(=O)O)=C[C@H]2C[C@H]1O. The molecule has 1 fully saturated rings. The van der Waals surface area contributed by atoms with Crippen LogP contribution in [0, 0.1) is 23.2 Å². The van der Waals surface area contributed by atoms with Crippen LogP contribution in [0.15, 0.2) is 48.1 Å². The number of hydrogen-bond donors (Lipinski definition) is 3. The van der Waals surface area contributed by atoms with Crippen molar-refractivity contribution in [1.29, 1.82) is 0 Å². The number of fused-ring (bicyclic) bond motifs is 1. The maximum absolute atomic E-state index is 11.4. The van der Waals surface area contributed by atoms with E-state index in [1.54, 1.807) is 12.1 Å². The first kappa shape index (κ1) is 23.7. The Balaban J connectivity index is 1.60. The van der Waals surface area contributed by atoms with Gasteiger partial charge in [0.2, 0.25) is 0 Å². The molecule has 1 aromatic rings.